The smallest absolute Gasteiger partial charge is 0.293 e. The summed E-state index contributed by atoms with van der Waals surface area (Å²) in [6.07, 6.45) is 1.85. The van der Waals surface area contributed by atoms with Crippen molar-refractivity contribution in [3.8, 4) is 11.1 Å². The van der Waals surface area contributed by atoms with Crippen molar-refractivity contribution in [2.45, 2.75) is 18.4 Å². The van der Waals surface area contributed by atoms with Gasteiger partial charge in [-0.2, -0.15) is 0 Å². The fourth-order valence-corrected chi connectivity index (χ4v) is 2.28. The summed E-state index contributed by atoms with van der Waals surface area (Å²) in [5, 5.41) is 0. The summed E-state index contributed by atoms with van der Waals surface area (Å²) in [6, 6.07) is 18.5. The van der Waals surface area contributed by atoms with Gasteiger partial charge in [0, 0.05) is 0 Å². The van der Waals surface area contributed by atoms with Crippen LogP contribution in [0.3, 0.4) is 0 Å². The van der Waals surface area contributed by atoms with E-state index >= 15 is 0 Å². The summed E-state index contributed by atoms with van der Waals surface area (Å²) in [6.45, 7) is 0.554. The van der Waals surface area contributed by atoms with E-state index in [1.54, 1.807) is 0 Å². The average Bonchev–Trinajstić information content (AvgIpc) is 3.21. The van der Waals surface area contributed by atoms with Crippen LogP contribution in [0.25, 0.3) is 11.1 Å². The Labute approximate surface area is 106 Å². The third kappa shape index (κ3) is 1.90. The average molecular weight is 238 g/mol. The van der Waals surface area contributed by atoms with Crippen LogP contribution in [0, 0.1) is 0 Å². The molecule has 2 heteroatoms. The first-order valence-electron chi connectivity index (χ1n) is 6.11. The highest BCUT2D eigenvalue weighted by atomic mass is 16.5. The first-order chi connectivity index (χ1) is 8.84. The van der Waals surface area contributed by atoms with E-state index in [1.165, 1.54) is 11.1 Å². The van der Waals surface area contributed by atoms with Gasteiger partial charge in [-0.3, -0.25) is 4.79 Å². The third-order valence-corrected chi connectivity index (χ3v) is 3.50. The van der Waals surface area contributed by atoms with Gasteiger partial charge in [-0.1, -0.05) is 54.6 Å². The zero-order valence-corrected chi connectivity index (χ0v) is 10.0. The summed E-state index contributed by atoms with van der Waals surface area (Å²) in [7, 11) is 0. The fraction of sp³-hybridized carbons (Fsp3) is 0.188. The molecule has 90 valence electrons. The SMILES string of the molecule is O=COC1(c2ccc(-c3ccccc3)cc2)CC1. The Balaban J connectivity index is 1.88. The van der Waals surface area contributed by atoms with E-state index in [2.05, 4.69) is 36.4 Å². The molecule has 1 saturated carbocycles. The second-order valence-corrected chi connectivity index (χ2v) is 4.65. The molecule has 0 saturated heterocycles. The van der Waals surface area contributed by atoms with Gasteiger partial charge in [0.15, 0.2) is 0 Å². The highest BCUT2D eigenvalue weighted by Gasteiger charge is 2.46. The molecule has 18 heavy (non-hydrogen) atoms. The molecule has 1 aliphatic rings. The Bertz CT molecular complexity index is 539. The van der Waals surface area contributed by atoms with Crippen molar-refractivity contribution >= 4 is 6.47 Å². The van der Waals surface area contributed by atoms with Gasteiger partial charge >= 0.3 is 0 Å². The van der Waals surface area contributed by atoms with Crippen molar-refractivity contribution in [3.05, 3.63) is 60.2 Å². The summed E-state index contributed by atoms with van der Waals surface area (Å²) < 4.78 is 5.19. The van der Waals surface area contributed by atoms with Crippen molar-refractivity contribution in [3.63, 3.8) is 0 Å². The van der Waals surface area contributed by atoms with E-state index in [0.717, 1.165) is 18.4 Å². The monoisotopic (exact) mass is 238 g/mol. The molecule has 1 aliphatic carbocycles. The molecule has 0 spiro atoms. The minimum Gasteiger partial charge on any atom is -0.456 e. The Morgan fingerprint density at radius 3 is 2.06 bits per heavy atom. The van der Waals surface area contributed by atoms with Gasteiger partial charge in [-0.05, 0) is 29.5 Å². The summed E-state index contributed by atoms with van der Waals surface area (Å²) >= 11 is 0. The molecule has 2 aromatic rings. The van der Waals surface area contributed by atoms with Gasteiger partial charge in [0.25, 0.3) is 6.47 Å². The Morgan fingerprint density at radius 2 is 1.50 bits per heavy atom. The maximum absolute atomic E-state index is 10.5. The van der Waals surface area contributed by atoms with Crippen LogP contribution < -0.4 is 0 Å². The van der Waals surface area contributed by atoms with Crippen LogP contribution in [0.4, 0.5) is 0 Å². The normalized spacial score (nSPS) is 16.0. The van der Waals surface area contributed by atoms with E-state index in [1.807, 2.05) is 18.2 Å². The lowest BCUT2D eigenvalue weighted by Gasteiger charge is -2.14. The molecule has 0 atom stereocenters. The number of carbonyl (C=O) groups is 1. The molecule has 0 bridgehead atoms. The van der Waals surface area contributed by atoms with Crippen LogP contribution in [0.2, 0.25) is 0 Å². The molecule has 2 aromatic carbocycles. The number of benzene rings is 2. The highest BCUT2D eigenvalue weighted by Crippen LogP contribution is 2.48. The minimum absolute atomic E-state index is 0.336. The van der Waals surface area contributed by atoms with Gasteiger partial charge in [0.05, 0.1) is 0 Å². The van der Waals surface area contributed by atoms with E-state index in [0.29, 0.717) is 6.47 Å². The topological polar surface area (TPSA) is 26.3 Å². The summed E-state index contributed by atoms with van der Waals surface area (Å²) in [5.41, 5.74) is 3.14. The quantitative estimate of drug-likeness (QED) is 0.762. The Hall–Kier alpha value is -2.09. The highest BCUT2D eigenvalue weighted by molar-refractivity contribution is 5.63. The third-order valence-electron chi connectivity index (χ3n) is 3.50. The number of carbonyl (C=O) groups excluding carboxylic acids is 1. The van der Waals surface area contributed by atoms with Crippen LogP contribution >= 0.6 is 0 Å². The Kier molecular flexibility index (Phi) is 2.63. The zero-order valence-electron chi connectivity index (χ0n) is 10.0. The van der Waals surface area contributed by atoms with Crippen LogP contribution in [0.5, 0.6) is 0 Å². The summed E-state index contributed by atoms with van der Waals surface area (Å²) in [5.74, 6) is 0. The second-order valence-electron chi connectivity index (χ2n) is 4.65. The molecule has 1 fully saturated rings. The zero-order chi connectivity index (χ0) is 12.4. The van der Waals surface area contributed by atoms with Crippen molar-refractivity contribution in [2.24, 2.45) is 0 Å². The molecule has 0 heterocycles. The van der Waals surface area contributed by atoms with E-state index in [-0.39, 0.29) is 5.60 Å². The fourth-order valence-electron chi connectivity index (χ4n) is 2.28. The van der Waals surface area contributed by atoms with Gasteiger partial charge in [0.1, 0.15) is 5.60 Å². The van der Waals surface area contributed by atoms with E-state index in [4.69, 9.17) is 4.74 Å². The molecule has 3 rings (SSSR count). The molecular formula is C16H14O2. The Morgan fingerprint density at radius 1 is 0.889 bits per heavy atom. The lowest BCUT2D eigenvalue weighted by atomic mass is 10.0. The van der Waals surface area contributed by atoms with Crippen LogP contribution in [-0.2, 0) is 15.1 Å². The van der Waals surface area contributed by atoms with Gasteiger partial charge < -0.3 is 4.74 Å². The van der Waals surface area contributed by atoms with Crippen molar-refractivity contribution in [2.75, 3.05) is 0 Å². The van der Waals surface area contributed by atoms with Crippen molar-refractivity contribution in [1.82, 2.24) is 0 Å². The van der Waals surface area contributed by atoms with Gasteiger partial charge in [0.2, 0.25) is 0 Å². The van der Waals surface area contributed by atoms with Crippen molar-refractivity contribution in [1.29, 1.82) is 0 Å². The van der Waals surface area contributed by atoms with Crippen LogP contribution in [-0.4, -0.2) is 6.47 Å². The molecule has 2 nitrogen and oxygen atoms in total. The lowest BCUT2D eigenvalue weighted by Crippen LogP contribution is -2.10. The predicted octanol–water partition coefficient (Wildman–Crippen LogP) is 3.52. The van der Waals surface area contributed by atoms with Crippen LogP contribution in [0.1, 0.15) is 18.4 Å². The first kappa shape index (κ1) is 11.0. The molecule has 0 N–H and O–H groups in total. The van der Waals surface area contributed by atoms with Crippen LogP contribution in [0.15, 0.2) is 54.6 Å². The lowest BCUT2D eigenvalue weighted by molar-refractivity contribution is -0.136. The maximum Gasteiger partial charge on any atom is 0.293 e. The number of hydrogen-bond donors (Lipinski definition) is 0. The number of rotatable bonds is 4. The molecule has 0 aliphatic heterocycles. The molecule has 0 aromatic heterocycles. The summed E-state index contributed by atoms with van der Waals surface area (Å²) in [4.78, 5) is 10.5. The maximum atomic E-state index is 10.5. The largest absolute Gasteiger partial charge is 0.456 e. The first-order valence-corrected chi connectivity index (χ1v) is 6.11. The van der Waals surface area contributed by atoms with Crippen molar-refractivity contribution < 1.29 is 9.53 Å². The number of hydrogen-bond acceptors (Lipinski definition) is 2. The molecule has 0 amide bonds. The van der Waals surface area contributed by atoms with Gasteiger partial charge in [-0.25, -0.2) is 0 Å². The molecular weight excluding hydrogens is 224 g/mol. The molecule has 0 unspecified atom stereocenters. The van der Waals surface area contributed by atoms with Gasteiger partial charge in [-0.15, -0.1) is 0 Å². The van der Waals surface area contributed by atoms with E-state index in [9.17, 15) is 4.79 Å². The second kappa shape index (κ2) is 4.30. The molecule has 0 radical (unpaired) electrons. The predicted molar refractivity (Wildman–Crippen MR) is 69.9 cm³/mol. The van der Waals surface area contributed by atoms with E-state index < -0.39 is 0 Å². The standard InChI is InChI=1S/C16H14O2/c17-12-18-16(10-11-16)15-8-6-14(7-9-15)13-4-2-1-3-5-13/h1-9,12H,10-11H2. The minimum atomic E-state index is -0.336. The number of ether oxygens (including phenoxy) is 1.